The van der Waals surface area contributed by atoms with Crippen LogP contribution in [0.5, 0.6) is 0 Å². The fourth-order valence-corrected chi connectivity index (χ4v) is 4.00. The molecule has 0 aliphatic rings. The molecule has 0 unspecified atom stereocenters. The third kappa shape index (κ3) is 4.29. The number of amides is 1. The van der Waals surface area contributed by atoms with Crippen LogP contribution in [0.15, 0.2) is 48.7 Å². The topological polar surface area (TPSA) is 94.0 Å². The predicted molar refractivity (Wildman–Crippen MR) is 117 cm³/mol. The highest BCUT2D eigenvalue weighted by Crippen LogP contribution is 2.34. The van der Waals surface area contributed by atoms with Gasteiger partial charge in [-0.3, -0.25) is 4.79 Å². The van der Waals surface area contributed by atoms with E-state index in [4.69, 9.17) is 23.2 Å². The molecule has 32 heavy (non-hydrogen) atoms. The van der Waals surface area contributed by atoms with Gasteiger partial charge in [0.05, 0.1) is 28.0 Å². The second-order valence-corrected chi connectivity index (χ2v) is 9.37. The number of nitrogens with one attached hydrogen (secondary N) is 1. The van der Waals surface area contributed by atoms with Crippen molar-refractivity contribution in [3.63, 3.8) is 0 Å². The Morgan fingerprint density at radius 2 is 1.84 bits per heavy atom. The molecule has 7 nitrogen and oxygen atoms in total. The molecule has 0 radical (unpaired) electrons. The van der Waals surface area contributed by atoms with E-state index in [1.165, 1.54) is 16.9 Å². The highest BCUT2D eigenvalue weighted by molar-refractivity contribution is 7.89. The number of hydrogen-bond donors (Lipinski definition) is 1. The second kappa shape index (κ2) is 8.12. The van der Waals surface area contributed by atoms with Crippen LogP contribution in [0, 0.1) is 11.8 Å². The van der Waals surface area contributed by atoms with E-state index in [2.05, 4.69) is 10.1 Å². The molecule has 2 heterocycles. The molecule has 0 bridgehead atoms. The lowest BCUT2D eigenvalue weighted by atomic mass is 10.1. The van der Waals surface area contributed by atoms with E-state index in [1.54, 1.807) is 29.0 Å². The Kier molecular flexibility index (Phi) is 5.61. The van der Waals surface area contributed by atoms with Crippen molar-refractivity contribution in [1.29, 1.82) is 0 Å². The van der Waals surface area contributed by atoms with Crippen molar-refractivity contribution in [3.05, 3.63) is 76.0 Å². The molecule has 0 atom stereocenters. The summed E-state index contributed by atoms with van der Waals surface area (Å²) in [5.41, 5.74) is 0.757. The maximum atomic E-state index is 14.8. The standard InChI is InChI=1S/C20H12Cl2F2N4O3S/c1-32(30,31)27-20(29)12-8-14(22)17(9-15(12)23)28-16-3-2-11(21)7-13(16)19(26-28)10-4-5-25-18(24)6-10/h2-9H,1H3,(H,27,29). The summed E-state index contributed by atoms with van der Waals surface area (Å²) < 4.78 is 54.0. The Hall–Kier alpha value is -3.08. The van der Waals surface area contributed by atoms with Gasteiger partial charge in [-0.05, 0) is 30.3 Å². The van der Waals surface area contributed by atoms with Crippen molar-refractivity contribution in [2.45, 2.75) is 0 Å². The summed E-state index contributed by atoms with van der Waals surface area (Å²) in [5.74, 6) is -2.89. The Morgan fingerprint density at radius 1 is 1.09 bits per heavy atom. The van der Waals surface area contributed by atoms with Gasteiger partial charge in [0.2, 0.25) is 16.0 Å². The van der Waals surface area contributed by atoms with Gasteiger partial charge in [-0.1, -0.05) is 23.2 Å². The lowest BCUT2D eigenvalue weighted by Gasteiger charge is -2.10. The van der Waals surface area contributed by atoms with E-state index >= 15 is 0 Å². The second-order valence-electron chi connectivity index (χ2n) is 6.78. The highest BCUT2D eigenvalue weighted by atomic mass is 35.5. The van der Waals surface area contributed by atoms with Crippen LogP contribution in [-0.2, 0) is 10.0 Å². The van der Waals surface area contributed by atoms with E-state index in [1.807, 2.05) is 0 Å². The maximum Gasteiger partial charge on any atom is 0.267 e. The Bertz CT molecular complexity index is 1510. The SMILES string of the molecule is CS(=O)(=O)NC(=O)c1cc(Cl)c(-n2nc(-c3ccnc(F)c3)c3cc(Cl)ccc32)cc1F. The fraction of sp³-hybridized carbons (Fsp3) is 0.0500. The maximum absolute atomic E-state index is 14.8. The summed E-state index contributed by atoms with van der Waals surface area (Å²) in [7, 11) is -3.90. The number of carbonyl (C=O) groups excluding carboxylic acids is 1. The van der Waals surface area contributed by atoms with Gasteiger partial charge in [0.1, 0.15) is 11.5 Å². The molecule has 0 spiro atoms. The number of pyridine rings is 1. The minimum Gasteiger partial charge on any atom is -0.268 e. The average Bonchev–Trinajstić information content (AvgIpc) is 3.06. The van der Waals surface area contributed by atoms with Crippen LogP contribution in [0.2, 0.25) is 10.0 Å². The zero-order valence-corrected chi connectivity index (χ0v) is 18.4. The molecule has 0 fully saturated rings. The number of rotatable bonds is 4. The van der Waals surface area contributed by atoms with Crippen LogP contribution in [0.3, 0.4) is 0 Å². The monoisotopic (exact) mass is 496 g/mol. The van der Waals surface area contributed by atoms with Crippen molar-refractivity contribution >= 4 is 50.0 Å². The van der Waals surface area contributed by atoms with Gasteiger partial charge in [-0.25, -0.2) is 27.2 Å². The van der Waals surface area contributed by atoms with E-state index in [0.717, 1.165) is 18.4 Å². The molecular formula is C20H12Cl2F2N4O3S. The number of fused-ring (bicyclic) bond motifs is 1. The molecular weight excluding hydrogens is 485 g/mol. The van der Waals surface area contributed by atoms with Gasteiger partial charge in [0, 0.05) is 34.3 Å². The summed E-state index contributed by atoms with van der Waals surface area (Å²) in [5, 5.41) is 5.33. The first-order valence-corrected chi connectivity index (χ1v) is 11.5. The molecule has 2 aromatic carbocycles. The molecule has 164 valence electrons. The van der Waals surface area contributed by atoms with Crippen LogP contribution in [0.4, 0.5) is 8.78 Å². The molecule has 0 saturated carbocycles. The zero-order chi connectivity index (χ0) is 23.2. The highest BCUT2D eigenvalue weighted by Gasteiger charge is 2.21. The largest absolute Gasteiger partial charge is 0.268 e. The first-order chi connectivity index (χ1) is 15.0. The fourth-order valence-electron chi connectivity index (χ4n) is 3.13. The predicted octanol–water partition coefficient (Wildman–Crippen LogP) is 4.36. The average molecular weight is 497 g/mol. The lowest BCUT2D eigenvalue weighted by molar-refractivity contribution is 0.0978. The first kappa shape index (κ1) is 22.1. The molecule has 4 aromatic rings. The van der Waals surface area contributed by atoms with Crippen molar-refractivity contribution in [1.82, 2.24) is 19.5 Å². The Morgan fingerprint density at radius 3 is 2.53 bits per heavy atom. The number of benzene rings is 2. The molecule has 0 aliphatic heterocycles. The van der Waals surface area contributed by atoms with Crippen LogP contribution in [-0.4, -0.2) is 35.3 Å². The summed E-state index contributed by atoms with van der Waals surface area (Å²) >= 11 is 12.4. The number of sulfonamides is 1. The molecule has 4 rings (SSSR count). The van der Waals surface area contributed by atoms with Gasteiger partial charge in [0.15, 0.2) is 0 Å². The number of halogens is 4. The third-order valence-electron chi connectivity index (χ3n) is 4.43. The zero-order valence-electron chi connectivity index (χ0n) is 16.1. The first-order valence-electron chi connectivity index (χ1n) is 8.85. The van der Waals surface area contributed by atoms with Gasteiger partial charge < -0.3 is 0 Å². The van der Waals surface area contributed by atoms with E-state index in [9.17, 15) is 22.0 Å². The van der Waals surface area contributed by atoms with Gasteiger partial charge in [0.25, 0.3) is 5.91 Å². The number of nitrogens with zero attached hydrogens (tertiary/aromatic N) is 3. The quantitative estimate of drug-likeness (QED) is 0.423. The normalized spacial score (nSPS) is 11.7. The van der Waals surface area contributed by atoms with E-state index in [-0.39, 0.29) is 10.7 Å². The van der Waals surface area contributed by atoms with Crippen LogP contribution in [0.25, 0.3) is 27.8 Å². The van der Waals surface area contributed by atoms with Crippen LogP contribution in [0.1, 0.15) is 10.4 Å². The lowest BCUT2D eigenvalue weighted by Crippen LogP contribution is -2.30. The number of aromatic nitrogens is 3. The van der Waals surface area contributed by atoms with Gasteiger partial charge in [-0.2, -0.15) is 9.49 Å². The third-order valence-corrected chi connectivity index (χ3v) is 5.52. The van der Waals surface area contributed by atoms with Gasteiger partial charge >= 0.3 is 0 Å². The summed E-state index contributed by atoms with van der Waals surface area (Å²) in [6, 6.07) is 9.54. The van der Waals surface area contributed by atoms with Crippen molar-refractivity contribution < 1.29 is 22.0 Å². The Balaban J connectivity index is 1.91. The number of carbonyl (C=O) groups is 1. The Labute approximate surface area is 190 Å². The molecule has 0 aliphatic carbocycles. The summed E-state index contributed by atoms with van der Waals surface area (Å²) in [6.45, 7) is 0. The van der Waals surface area contributed by atoms with Crippen molar-refractivity contribution in [2.24, 2.45) is 0 Å². The molecule has 2 aromatic heterocycles. The van der Waals surface area contributed by atoms with E-state index in [0.29, 0.717) is 27.2 Å². The summed E-state index contributed by atoms with van der Waals surface area (Å²) in [4.78, 5) is 15.6. The van der Waals surface area contributed by atoms with Gasteiger partial charge in [-0.15, -0.1) is 0 Å². The molecule has 12 heteroatoms. The molecule has 0 saturated heterocycles. The minimum absolute atomic E-state index is 0.0724. The van der Waals surface area contributed by atoms with E-state index < -0.39 is 33.3 Å². The molecule has 1 N–H and O–H groups in total. The summed E-state index contributed by atoms with van der Waals surface area (Å²) in [6.07, 6.45) is 2.05. The van der Waals surface area contributed by atoms with Crippen LogP contribution < -0.4 is 4.72 Å². The van der Waals surface area contributed by atoms with Crippen molar-refractivity contribution in [3.8, 4) is 16.9 Å². The van der Waals surface area contributed by atoms with Crippen molar-refractivity contribution in [2.75, 3.05) is 6.26 Å². The van der Waals surface area contributed by atoms with Crippen LogP contribution >= 0.6 is 23.2 Å². The number of hydrogen-bond acceptors (Lipinski definition) is 5. The smallest absolute Gasteiger partial charge is 0.267 e. The minimum atomic E-state index is -3.90. The molecule has 1 amide bonds.